The minimum atomic E-state index is 0.0869. The molecular weight excluding hydrogens is 216 g/mol. The third kappa shape index (κ3) is 7.34. The molecule has 17 heavy (non-hydrogen) atoms. The van der Waals surface area contributed by atoms with Crippen molar-refractivity contribution in [3.05, 3.63) is 0 Å². The minimum absolute atomic E-state index is 0.0869. The fraction of sp³-hybridized carbons (Fsp3) is 0.923. The first-order valence-corrected chi connectivity index (χ1v) is 6.75. The Hall–Kier alpha value is -0.610. The Balaban J connectivity index is 2.09. The van der Waals surface area contributed by atoms with Gasteiger partial charge in [-0.2, -0.15) is 0 Å². The predicted octanol–water partition coefficient (Wildman–Crippen LogP) is 1.31. The lowest BCUT2D eigenvalue weighted by Gasteiger charge is -2.17. The molecular formula is C13H26N2O2. The van der Waals surface area contributed by atoms with E-state index in [1.54, 1.807) is 7.11 Å². The summed E-state index contributed by atoms with van der Waals surface area (Å²) in [6.45, 7) is 4.18. The third-order valence-corrected chi connectivity index (χ3v) is 3.05. The molecule has 0 radical (unpaired) electrons. The van der Waals surface area contributed by atoms with Crippen LogP contribution in [0.4, 0.5) is 0 Å². The first-order chi connectivity index (χ1) is 8.26. The van der Waals surface area contributed by atoms with Crippen molar-refractivity contribution < 1.29 is 9.53 Å². The van der Waals surface area contributed by atoms with Crippen molar-refractivity contribution in [1.82, 2.24) is 10.6 Å². The molecule has 100 valence electrons. The Morgan fingerprint density at radius 1 is 1.47 bits per heavy atom. The zero-order chi connectivity index (χ0) is 12.5. The molecule has 1 atom stereocenters. The molecule has 1 fully saturated rings. The van der Waals surface area contributed by atoms with Crippen LogP contribution in [-0.4, -0.2) is 38.8 Å². The number of carbonyl (C=O) groups excluding carboxylic acids is 1. The summed E-state index contributed by atoms with van der Waals surface area (Å²) in [5, 5.41) is 6.22. The van der Waals surface area contributed by atoms with Crippen LogP contribution in [0.5, 0.6) is 0 Å². The number of carbonyl (C=O) groups is 1. The monoisotopic (exact) mass is 242 g/mol. The standard InChI is InChI=1S/C13H26N2O2/c1-3-4-5-12(10-17-2)15-13(16)9-14-8-11-6-7-11/h11-12,14H,3-10H2,1-2H3,(H,15,16). The molecule has 4 nitrogen and oxygen atoms in total. The van der Waals surface area contributed by atoms with Crippen LogP contribution in [0.25, 0.3) is 0 Å². The molecule has 0 spiro atoms. The number of amides is 1. The quantitative estimate of drug-likeness (QED) is 0.607. The highest BCUT2D eigenvalue weighted by Crippen LogP contribution is 2.27. The Morgan fingerprint density at radius 3 is 2.82 bits per heavy atom. The van der Waals surface area contributed by atoms with E-state index in [2.05, 4.69) is 17.6 Å². The van der Waals surface area contributed by atoms with Gasteiger partial charge in [-0.1, -0.05) is 19.8 Å². The molecule has 0 aliphatic heterocycles. The predicted molar refractivity (Wildman–Crippen MR) is 68.9 cm³/mol. The number of methoxy groups -OCH3 is 1. The molecule has 0 bridgehead atoms. The second kappa shape index (κ2) is 8.48. The highest BCUT2D eigenvalue weighted by atomic mass is 16.5. The molecule has 0 aromatic rings. The summed E-state index contributed by atoms with van der Waals surface area (Å²) in [6.07, 6.45) is 5.91. The maximum Gasteiger partial charge on any atom is 0.234 e. The normalized spacial score (nSPS) is 16.8. The fourth-order valence-corrected chi connectivity index (χ4v) is 1.84. The lowest BCUT2D eigenvalue weighted by Crippen LogP contribution is -2.42. The van der Waals surface area contributed by atoms with Crippen molar-refractivity contribution in [1.29, 1.82) is 0 Å². The van der Waals surface area contributed by atoms with E-state index in [-0.39, 0.29) is 11.9 Å². The van der Waals surface area contributed by atoms with Gasteiger partial charge in [0.1, 0.15) is 0 Å². The van der Waals surface area contributed by atoms with Crippen molar-refractivity contribution in [3.8, 4) is 0 Å². The highest BCUT2D eigenvalue weighted by Gasteiger charge is 2.20. The number of hydrogen-bond donors (Lipinski definition) is 2. The molecule has 0 aromatic carbocycles. The molecule has 0 saturated heterocycles. The number of rotatable bonds is 10. The molecule has 0 heterocycles. The van der Waals surface area contributed by atoms with Gasteiger partial charge in [0.2, 0.25) is 5.91 Å². The van der Waals surface area contributed by atoms with E-state index in [1.165, 1.54) is 12.8 Å². The Labute approximate surface area is 104 Å². The van der Waals surface area contributed by atoms with Gasteiger partial charge in [0.15, 0.2) is 0 Å². The van der Waals surface area contributed by atoms with Crippen LogP contribution in [0.3, 0.4) is 0 Å². The second-order valence-corrected chi connectivity index (χ2v) is 4.94. The first kappa shape index (κ1) is 14.5. The van der Waals surface area contributed by atoms with Gasteiger partial charge in [0.05, 0.1) is 19.2 Å². The topological polar surface area (TPSA) is 50.4 Å². The van der Waals surface area contributed by atoms with E-state index >= 15 is 0 Å². The van der Waals surface area contributed by atoms with Gasteiger partial charge in [0, 0.05) is 7.11 Å². The molecule has 4 heteroatoms. The van der Waals surface area contributed by atoms with Crippen LogP contribution in [-0.2, 0) is 9.53 Å². The smallest absolute Gasteiger partial charge is 0.234 e. The lowest BCUT2D eigenvalue weighted by molar-refractivity contribution is -0.121. The van der Waals surface area contributed by atoms with Crippen LogP contribution >= 0.6 is 0 Å². The summed E-state index contributed by atoms with van der Waals surface area (Å²) in [4.78, 5) is 11.7. The molecule has 1 saturated carbocycles. The van der Waals surface area contributed by atoms with Gasteiger partial charge in [-0.3, -0.25) is 4.79 Å². The van der Waals surface area contributed by atoms with Gasteiger partial charge < -0.3 is 15.4 Å². The number of ether oxygens (including phenoxy) is 1. The summed E-state index contributed by atoms with van der Waals surface area (Å²) in [5.74, 6) is 0.904. The van der Waals surface area contributed by atoms with Gasteiger partial charge in [-0.05, 0) is 31.7 Å². The number of unbranched alkanes of at least 4 members (excludes halogenated alkanes) is 1. The number of hydrogen-bond acceptors (Lipinski definition) is 3. The van der Waals surface area contributed by atoms with Crippen LogP contribution in [0.2, 0.25) is 0 Å². The average Bonchev–Trinajstić information content (AvgIpc) is 3.10. The SMILES string of the molecule is CCCCC(COC)NC(=O)CNCC1CC1. The maximum absolute atomic E-state index is 11.7. The summed E-state index contributed by atoms with van der Waals surface area (Å²) >= 11 is 0. The van der Waals surface area contributed by atoms with E-state index in [4.69, 9.17) is 4.74 Å². The summed E-state index contributed by atoms with van der Waals surface area (Å²) in [6, 6.07) is 0.162. The maximum atomic E-state index is 11.7. The van der Waals surface area contributed by atoms with Gasteiger partial charge in [-0.25, -0.2) is 0 Å². The van der Waals surface area contributed by atoms with Crippen molar-refractivity contribution in [2.75, 3.05) is 26.8 Å². The first-order valence-electron chi connectivity index (χ1n) is 6.75. The lowest BCUT2D eigenvalue weighted by atomic mass is 10.1. The molecule has 1 rings (SSSR count). The van der Waals surface area contributed by atoms with Crippen LogP contribution in [0.15, 0.2) is 0 Å². The molecule has 1 amide bonds. The van der Waals surface area contributed by atoms with Crippen LogP contribution in [0, 0.1) is 5.92 Å². The molecule has 1 aliphatic carbocycles. The van der Waals surface area contributed by atoms with E-state index in [1.807, 2.05) is 0 Å². The van der Waals surface area contributed by atoms with E-state index in [9.17, 15) is 4.79 Å². The highest BCUT2D eigenvalue weighted by molar-refractivity contribution is 5.78. The van der Waals surface area contributed by atoms with Crippen LogP contribution < -0.4 is 10.6 Å². The largest absolute Gasteiger partial charge is 0.383 e. The summed E-state index contributed by atoms with van der Waals surface area (Å²) < 4.78 is 5.12. The molecule has 2 N–H and O–H groups in total. The van der Waals surface area contributed by atoms with Gasteiger partial charge in [-0.15, -0.1) is 0 Å². The Morgan fingerprint density at radius 2 is 2.24 bits per heavy atom. The zero-order valence-electron chi connectivity index (χ0n) is 11.1. The zero-order valence-corrected chi connectivity index (χ0v) is 11.1. The van der Waals surface area contributed by atoms with Crippen molar-refractivity contribution in [3.63, 3.8) is 0 Å². The van der Waals surface area contributed by atoms with E-state index in [0.29, 0.717) is 13.2 Å². The Bertz CT molecular complexity index is 217. The fourth-order valence-electron chi connectivity index (χ4n) is 1.84. The number of nitrogens with one attached hydrogen (secondary N) is 2. The average molecular weight is 242 g/mol. The Kier molecular flexibility index (Phi) is 7.21. The molecule has 0 aromatic heterocycles. The third-order valence-electron chi connectivity index (χ3n) is 3.05. The van der Waals surface area contributed by atoms with E-state index < -0.39 is 0 Å². The van der Waals surface area contributed by atoms with Crippen molar-refractivity contribution in [2.24, 2.45) is 5.92 Å². The summed E-state index contributed by atoms with van der Waals surface area (Å²) in [5.41, 5.74) is 0. The summed E-state index contributed by atoms with van der Waals surface area (Å²) in [7, 11) is 1.68. The van der Waals surface area contributed by atoms with Gasteiger partial charge in [0.25, 0.3) is 0 Å². The van der Waals surface area contributed by atoms with Gasteiger partial charge >= 0.3 is 0 Å². The molecule has 1 unspecified atom stereocenters. The molecule has 1 aliphatic rings. The van der Waals surface area contributed by atoms with Crippen LogP contribution in [0.1, 0.15) is 39.0 Å². The second-order valence-electron chi connectivity index (χ2n) is 4.94. The van der Waals surface area contributed by atoms with Crippen molar-refractivity contribution >= 4 is 5.91 Å². The minimum Gasteiger partial charge on any atom is -0.383 e. The van der Waals surface area contributed by atoms with Crippen molar-refractivity contribution in [2.45, 2.75) is 45.1 Å². The van der Waals surface area contributed by atoms with E-state index in [0.717, 1.165) is 31.7 Å².